The van der Waals surface area contributed by atoms with Crippen LogP contribution in [0.2, 0.25) is 0 Å². The molecule has 3 N–H and O–H groups in total. The molecule has 170 valence electrons. The van der Waals surface area contributed by atoms with Crippen molar-refractivity contribution in [3.8, 4) is 0 Å². The highest BCUT2D eigenvalue weighted by atomic mass is 19.4. The van der Waals surface area contributed by atoms with E-state index >= 15 is 0 Å². The van der Waals surface area contributed by atoms with E-state index in [1.165, 1.54) is 6.07 Å². The van der Waals surface area contributed by atoms with Crippen LogP contribution in [0.25, 0.3) is 0 Å². The third-order valence-electron chi connectivity index (χ3n) is 5.48. The normalized spacial score (nSPS) is 19.5. The highest BCUT2D eigenvalue weighted by Crippen LogP contribution is 2.33. The first-order valence-electron chi connectivity index (χ1n) is 10.3. The molecule has 0 saturated carbocycles. The molecule has 2 aliphatic heterocycles. The van der Waals surface area contributed by atoms with Gasteiger partial charge >= 0.3 is 6.18 Å². The highest BCUT2D eigenvalue weighted by molar-refractivity contribution is 6.06. The number of benzene rings is 2. The standard InChI is InChI=1S/C22H25F3N6O/c1-14-6-7-17(12-15(14)2)27-20-28-19(26)29-21(30-8-10-32-11-9-30)31(20)18-5-3-4-16(13-18)22(23,24)25/h3-7,12-13,20,27H,8-11H2,1-2H3,(H2,26,28). The van der Waals surface area contributed by atoms with Crippen molar-refractivity contribution >= 4 is 23.3 Å². The SMILES string of the molecule is Cc1ccc(NC2N=C(N)N=C(N3CCOCC3)N2c2cccc(C(F)(F)F)c2)cc1C. The van der Waals surface area contributed by atoms with Gasteiger partial charge in [0.2, 0.25) is 18.2 Å². The van der Waals surface area contributed by atoms with E-state index in [0.29, 0.717) is 38.0 Å². The molecular weight excluding hydrogens is 421 g/mol. The van der Waals surface area contributed by atoms with Crippen LogP contribution >= 0.6 is 0 Å². The molecule has 0 bridgehead atoms. The molecule has 7 nitrogen and oxygen atoms in total. The topological polar surface area (TPSA) is 78.5 Å². The van der Waals surface area contributed by atoms with E-state index in [9.17, 15) is 13.2 Å². The number of nitrogens with two attached hydrogens (primary N) is 1. The predicted molar refractivity (Wildman–Crippen MR) is 119 cm³/mol. The molecule has 0 spiro atoms. The van der Waals surface area contributed by atoms with Gasteiger partial charge < -0.3 is 20.7 Å². The molecule has 1 atom stereocenters. The Balaban J connectivity index is 1.76. The largest absolute Gasteiger partial charge is 0.416 e. The number of aryl methyl sites for hydroxylation is 2. The van der Waals surface area contributed by atoms with E-state index in [1.54, 1.807) is 11.0 Å². The van der Waals surface area contributed by atoms with Crippen LogP contribution in [0.4, 0.5) is 24.5 Å². The van der Waals surface area contributed by atoms with Crippen LogP contribution in [-0.4, -0.2) is 49.4 Å². The van der Waals surface area contributed by atoms with Crippen LogP contribution in [-0.2, 0) is 10.9 Å². The number of nitrogens with one attached hydrogen (secondary N) is 1. The molecular formula is C22H25F3N6O. The highest BCUT2D eigenvalue weighted by Gasteiger charge is 2.35. The van der Waals surface area contributed by atoms with Gasteiger partial charge in [-0.1, -0.05) is 12.1 Å². The summed E-state index contributed by atoms with van der Waals surface area (Å²) in [5.74, 6) is 0.484. The predicted octanol–water partition coefficient (Wildman–Crippen LogP) is 3.54. The van der Waals surface area contributed by atoms with E-state index in [1.807, 2.05) is 36.9 Å². The van der Waals surface area contributed by atoms with Crippen LogP contribution in [0.15, 0.2) is 52.4 Å². The van der Waals surface area contributed by atoms with Gasteiger partial charge in [0.15, 0.2) is 0 Å². The number of hydrogen-bond donors (Lipinski definition) is 2. The molecule has 10 heteroatoms. The molecule has 0 amide bonds. The average molecular weight is 446 g/mol. The van der Waals surface area contributed by atoms with Gasteiger partial charge in [-0.15, -0.1) is 0 Å². The van der Waals surface area contributed by atoms with Crippen molar-refractivity contribution in [2.45, 2.75) is 26.3 Å². The number of aliphatic imine (C=N–C) groups is 2. The van der Waals surface area contributed by atoms with E-state index in [4.69, 9.17) is 10.5 Å². The van der Waals surface area contributed by atoms with Gasteiger partial charge in [0.05, 0.1) is 18.8 Å². The number of nitrogens with zero attached hydrogens (tertiary/aromatic N) is 4. The molecule has 0 radical (unpaired) electrons. The summed E-state index contributed by atoms with van der Waals surface area (Å²) < 4.78 is 45.7. The summed E-state index contributed by atoms with van der Waals surface area (Å²) in [6.07, 6.45) is -5.25. The van der Waals surface area contributed by atoms with Crippen LogP contribution in [0.5, 0.6) is 0 Å². The first kappa shape index (κ1) is 21.9. The minimum atomic E-state index is -4.47. The van der Waals surface area contributed by atoms with Crippen molar-refractivity contribution in [2.24, 2.45) is 15.7 Å². The fourth-order valence-corrected chi connectivity index (χ4v) is 3.63. The molecule has 0 aromatic heterocycles. The van der Waals surface area contributed by atoms with E-state index in [-0.39, 0.29) is 5.96 Å². The summed E-state index contributed by atoms with van der Waals surface area (Å²) in [4.78, 5) is 12.4. The van der Waals surface area contributed by atoms with E-state index in [2.05, 4.69) is 15.3 Å². The van der Waals surface area contributed by atoms with Gasteiger partial charge in [-0.2, -0.15) is 18.2 Å². The first-order chi connectivity index (χ1) is 15.2. The van der Waals surface area contributed by atoms with E-state index < -0.39 is 18.0 Å². The number of ether oxygens (including phenoxy) is 1. The summed E-state index contributed by atoms with van der Waals surface area (Å²) in [5, 5.41) is 3.29. The van der Waals surface area contributed by atoms with Crippen LogP contribution in [0.1, 0.15) is 16.7 Å². The number of guanidine groups is 2. The lowest BCUT2D eigenvalue weighted by molar-refractivity contribution is -0.137. The van der Waals surface area contributed by atoms with Crippen LogP contribution < -0.4 is 16.0 Å². The van der Waals surface area contributed by atoms with Crippen molar-refractivity contribution in [2.75, 3.05) is 36.5 Å². The van der Waals surface area contributed by atoms with Gasteiger partial charge in [0.1, 0.15) is 0 Å². The Kier molecular flexibility index (Phi) is 5.96. The monoisotopic (exact) mass is 446 g/mol. The first-order valence-corrected chi connectivity index (χ1v) is 10.3. The van der Waals surface area contributed by atoms with Gasteiger partial charge in [0, 0.05) is 24.5 Å². The number of hydrogen-bond acceptors (Lipinski definition) is 7. The Bertz CT molecular complexity index is 1050. The maximum atomic E-state index is 13.4. The van der Waals surface area contributed by atoms with Gasteiger partial charge in [-0.05, 0) is 55.3 Å². The third-order valence-corrected chi connectivity index (χ3v) is 5.48. The van der Waals surface area contributed by atoms with Gasteiger partial charge in [0.25, 0.3) is 0 Å². The Morgan fingerprint density at radius 2 is 1.81 bits per heavy atom. The zero-order valence-corrected chi connectivity index (χ0v) is 17.9. The molecule has 2 heterocycles. The van der Waals surface area contributed by atoms with Crippen molar-refractivity contribution in [1.29, 1.82) is 0 Å². The number of alkyl halides is 3. The lowest BCUT2D eigenvalue weighted by Gasteiger charge is -2.41. The molecule has 2 aromatic carbocycles. The summed E-state index contributed by atoms with van der Waals surface area (Å²) in [6.45, 7) is 6.05. The fourth-order valence-electron chi connectivity index (χ4n) is 3.63. The Hall–Kier alpha value is -3.27. The summed E-state index contributed by atoms with van der Waals surface area (Å²) >= 11 is 0. The average Bonchev–Trinajstić information content (AvgIpc) is 2.76. The maximum Gasteiger partial charge on any atom is 0.416 e. The van der Waals surface area contributed by atoms with Crippen molar-refractivity contribution < 1.29 is 17.9 Å². The molecule has 2 aliphatic rings. The Morgan fingerprint density at radius 3 is 2.50 bits per heavy atom. The Morgan fingerprint density at radius 1 is 1.06 bits per heavy atom. The Labute approximate surface area is 184 Å². The smallest absolute Gasteiger partial charge is 0.378 e. The maximum absolute atomic E-state index is 13.4. The lowest BCUT2D eigenvalue weighted by Crippen LogP contribution is -2.57. The van der Waals surface area contributed by atoms with E-state index in [0.717, 1.165) is 28.9 Å². The zero-order chi connectivity index (χ0) is 22.9. The molecule has 4 rings (SSSR count). The molecule has 1 fully saturated rings. The summed E-state index contributed by atoms with van der Waals surface area (Å²) in [7, 11) is 0. The molecule has 32 heavy (non-hydrogen) atoms. The molecule has 1 unspecified atom stereocenters. The third kappa shape index (κ3) is 4.64. The second-order valence-electron chi connectivity index (χ2n) is 7.73. The van der Waals surface area contributed by atoms with Crippen LogP contribution in [0.3, 0.4) is 0 Å². The van der Waals surface area contributed by atoms with Crippen molar-refractivity contribution in [3.05, 3.63) is 59.2 Å². The zero-order valence-electron chi connectivity index (χ0n) is 17.9. The number of anilines is 2. The second kappa shape index (κ2) is 8.70. The minimum absolute atomic E-state index is 0.0519. The second-order valence-corrected chi connectivity index (χ2v) is 7.73. The van der Waals surface area contributed by atoms with Crippen molar-refractivity contribution in [3.63, 3.8) is 0 Å². The lowest BCUT2D eigenvalue weighted by atomic mass is 10.1. The number of rotatable bonds is 3. The van der Waals surface area contributed by atoms with Gasteiger partial charge in [-0.3, -0.25) is 4.90 Å². The summed E-state index contributed by atoms with van der Waals surface area (Å²) in [6, 6.07) is 11.0. The molecule has 1 saturated heterocycles. The van der Waals surface area contributed by atoms with Crippen molar-refractivity contribution in [1.82, 2.24) is 4.90 Å². The fraction of sp³-hybridized carbons (Fsp3) is 0.364. The number of halogens is 3. The molecule has 0 aliphatic carbocycles. The molecule has 2 aromatic rings. The quantitative estimate of drug-likeness (QED) is 0.754. The van der Waals surface area contributed by atoms with Gasteiger partial charge in [-0.25, -0.2) is 4.99 Å². The summed E-state index contributed by atoms with van der Waals surface area (Å²) in [5.41, 5.74) is 8.57. The minimum Gasteiger partial charge on any atom is -0.378 e. The van der Waals surface area contributed by atoms with Crippen LogP contribution in [0, 0.1) is 13.8 Å². The number of morpholine rings is 1.